The van der Waals surface area contributed by atoms with E-state index in [-0.39, 0.29) is 11.6 Å². The zero-order valence-electron chi connectivity index (χ0n) is 10.4. The molecule has 3 N–H and O–H groups in total. The summed E-state index contributed by atoms with van der Waals surface area (Å²) in [5.74, 6) is 0. The number of hydrogen-bond donors (Lipinski definition) is 2. The van der Waals surface area contributed by atoms with Crippen LogP contribution in [0.1, 0.15) is 36.6 Å². The predicted octanol–water partition coefficient (Wildman–Crippen LogP) is 2.30. The van der Waals surface area contributed by atoms with Gasteiger partial charge in [0.2, 0.25) is 0 Å². The average molecular weight is 206 g/mol. The van der Waals surface area contributed by atoms with Crippen molar-refractivity contribution in [3.63, 3.8) is 0 Å². The number of hydrogen-bond acceptors (Lipinski definition) is 2. The molecule has 1 aromatic rings. The quantitative estimate of drug-likeness (QED) is 0.796. The first-order valence-electron chi connectivity index (χ1n) is 5.39. The topological polar surface area (TPSA) is 38.0 Å². The van der Waals surface area contributed by atoms with Crippen LogP contribution >= 0.6 is 0 Å². The van der Waals surface area contributed by atoms with Gasteiger partial charge in [-0.15, -0.1) is 0 Å². The van der Waals surface area contributed by atoms with Gasteiger partial charge in [-0.2, -0.15) is 0 Å². The molecule has 2 heteroatoms. The van der Waals surface area contributed by atoms with E-state index in [0.29, 0.717) is 0 Å². The molecule has 2 nitrogen and oxygen atoms in total. The second-order valence-corrected chi connectivity index (χ2v) is 4.89. The third-order valence-electron chi connectivity index (χ3n) is 2.90. The van der Waals surface area contributed by atoms with Gasteiger partial charge in [-0.05, 0) is 51.4 Å². The number of benzene rings is 1. The van der Waals surface area contributed by atoms with E-state index in [1.54, 1.807) is 0 Å². The molecule has 0 radical (unpaired) electrons. The Balaban J connectivity index is 3.08. The van der Waals surface area contributed by atoms with Crippen LogP contribution < -0.4 is 11.1 Å². The summed E-state index contributed by atoms with van der Waals surface area (Å²) in [7, 11) is 1.95. The molecule has 0 heterocycles. The standard InChI is InChI=1S/C13H22N2/c1-9-6-7-11(8-10(9)2)12(15-5)13(3,4)14/h6-8,12,15H,14H2,1-5H3. The number of aryl methyl sites for hydroxylation is 2. The van der Waals surface area contributed by atoms with Gasteiger partial charge in [-0.25, -0.2) is 0 Å². The minimum absolute atomic E-state index is 0.191. The number of rotatable bonds is 3. The molecule has 0 aliphatic rings. The Hall–Kier alpha value is -0.860. The molecule has 1 rings (SSSR count). The van der Waals surface area contributed by atoms with Crippen LogP contribution in [0.5, 0.6) is 0 Å². The highest BCUT2D eigenvalue weighted by Gasteiger charge is 2.25. The smallest absolute Gasteiger partial charge is 0.0495 e. The van der Waals surface area contributed by atoms with E-state index in [4.69, 9.17) is 5.73 Å². The molecule has 0 amide bonds. The zero-order valence-corrected chi connectivity index (χ0v) is 10.4. The van der Waals surface area contributed by atoms with Gasteiger partial charge in [-0.3, -0.25) is 0 Å². The lowest BCUT2D eigenvalue weighted by molar-refractivity contribution is 0.370. The molecular weight excluding hydrogens is 184 g/mol. The second kappa shape index (κ2) is 4.33. The van der Waals surface area contributed by atoms with Crippen molar-refractivity contribution in [1.29, 1.82) is 0 Å². The van der Waals surface area contributed by atoms with E-state index in [1.165, 1.54) is 16.7 Å². The van der Waals surface area contributed by atoms with Gasteiger partial charge in [0.05, 0.1) is 0 Å². The molecule has 15 heavy (non-hydrogen) atoms. The van der Waals surface area contributed by atoms with Crippen LogP contribution in [0.4, 0.5) is 0 Å². The van der Waals surface area contributed by atoms with Crippen molar-refractivity contribution in [3.05, 3.63) is 34.9 Å². The molecule has 0 saturated carbocycles. The molecule has 0 aliphatic heterocycles. The minimum Gasteiger partial charge on any atom is -0.324 e. The molecular formula is C13H22N2. The predicted molar refractivity (Wildman–Crippen MR) is 66.0 cm³/mol. The van der Waals surface area contributed by atoms with Crippen molar-refractivity contribution in [2.45, 2.75) is 39.3 Å². The Bertz CT molecular complexity index is 337. The fraction of sp³-hybridized carbons (Fsp3) is 0.538. The molecule has 0 aliphatic carbocycles. The van der Waals surface area contributed by atoms with Gasteiger partial charge < -0.3 is 11.1 Å². The maximum Gasteiger partial charge on any atom is 0.0495 e. The van der Waals surface area contributed by atoms with E-state index >= 15 is 0 Å². The fourth-order valence-electron chi connectivity index (χ4n) is 1.91. The first kappa shape index (κ1) is 12.2. The van der Waals surface area contributed by atoms with Crippen molar-refractivity contribution in [1.82, 2.24) is 5.32 Å². The van der Waals surface area contributed by atoms with E-state index < -0.39 is 0 Å². The summed E-state index contributed by atoms with van der Waals surface area (Å²) in [5, 5.41) is 3.28. The highest BCUT2D eigenvalue weighted by molar-refractivity contribution is 5.33. The van der Waals surface area contributed by atoms with Crippen LogP contribution in [0.2, 0.25) is 0 Å². The highest BCUT2D eigenvalue weighted by Crippen LogP contribution is 2.24. The Morgan fingerprint density at radius 2 is 1.80 bits per heavy atom. The highest BCUT2D eigenvalue weighted by atomic mass is 14.9. The Kier molecular flexibility index (Phi) is 3.53. The summed E-state index contributed by atoms with van der Waals surface area (Å²) >= 11 is 0. The molecule has 0 spiro atoms. The molecule has 0 saturated heterocycles. The number of nitrogens with one attached hydrogen (secondary N) is 1. The lowest BCUT2D eigenvalue weighted by Gasteiger charge is -2.31. The normalized spacial score (nSPS) is 14.0. The third-order valence-corrected chi connectivity index (χ3v) is 2.90. The number of likely N-dealkylation sites (N-methyl/N-ethyl adjacent to an activating group) is 1. The van der Waals surface area contributed by atoms with Crippen LogP contribution in [0.15, 0.2) is 18.2 Å². The summed E-state index contributed by atoms with van der Waals surface area (Å²) < 4.78 is 0. The lowest BCUT2D eigenvalue weighted by atomic mass is 9.88. The monoisotopic (exact) mass is 206 g/mol. The molecule has 84 valence electrons. The Morgan fingerprint density at radius 1 is 1.20 bits per heavy atom. The largest absolute Gasteiger partial charge is 0.324 e. The van der Waals surface area contributed by atoms with E-state index in [1.807, 2.05) is 20.9 Å². The summed E-state index contributed by atoms with van der Waals surface area (Å²) in [5.41, 5.74) is 9.79. The molecule has 0 fully saturated rings. The van der Waals surface area contributed by atoms with Gasteiger partial charge >= 0.3 is 0 Å². The van der Waals surface area contributed by atoms with Crippen molar-refractivity contribution >= 4 is 0 Å². The van der Waals surface area contributed by atoms with Gasteiger partial charge in [0.15, 0.2) is 0 Å². The fourth-order valence-corrected chi connectivity index (χ4v) is 1.91. The van der Waals surface area contributed by atoms with Crippen LogP contribution in [-0.2, 0) is 0 Å². The molecule has 1 atom stereocenters. The first-order chi connectivity index (χ1) is 6.86. The first-order valence-corrected chi connectivity index (χ1v) is 5.39. The van der Waals surface area contributed by atoms with Crippen molar-refractivity contribution in [2.75, 3.05) is 7.05 Å². The van der Waals surface area contributed by atoms with Gasteiger partial charge in [0.25, 0.3) is 0 Å². The second-order valence-electron chi connectivity index (χ2n) is 4.89. The van der Waals surface area contributed by atoms with Gasteiger partial charge in [0.1, 0.15) is 0 Å². The van der Waals surface area contributed by atoms with Crippen molar-refractivity contribution < 1.29 is 0 Å². The SMILES string of the molecule is CNC(c1ccc(C)c(C)c1)C(C)(C)N. The third kappa shape index (κ3) is 2.80. The Labute approximate surface area is 92.9 Å². The summed E-state index contributed by atoms with van der Waals surface area (Å²) in [6.07, 6.45) is 0. The summed E-state index contributed by atoms with van der Waals surface area (Å²) in [6.45, 7) is 8.35. The lowest BCUT2D eigenvalue weighted by Crippen LogP contribution is -2.45. The van der Waals surface area contributed by atoms with E-state index in [2.05, 4.69) is 37.4 Å². The molecule has 0 aromatic heterocycles. The average Bonchev–Trinajstić information content (AvgIpc) is 2.10. The van der Waals surface area contributed by atoms with Crippen LogP contribution in [-0.4, -0.2) is 12.6 Å². The van der Waals surface area contributed by atoms with Crippen molar-refractivity contribution in [3.8, 4) is 0 Å². The maximum atomic E-state index is 6.15. The maximum absolute atomic E-state index is 6.15. The Morgan fingerprint density at radius 3 is 2.20 bits per heavy atom. The van der Waals surface area contributed by atoms with Crippen LogP contribution in [0, 0.1) is 13.8 Å². The molecule has 0 bridgehead atoms. The summed E-state index contributed by atoms with van der Waals surface area (Å²) in [6, 6.07) is 6.71. The van der Waals surface area contributed by atoms with Crippen LogP contribution in [0.25, 0.3) is 0 Å². The zero-order chi connectivity index (χ0) is 11.6. The van der Waals surface area contributed by atoms with Crippen molar-refractivity contribution in [2.24, 2.45) is 5.73 Å². The van der Waals surface area contributed by atoms with Gasteiger partial charge in [0, 0.05) is 11.6 Å². The molecule has 1 aromatic carbocycles. The minimum atomic E-state index is -0.254. The van der Waals surface area contributed by atoms with E-state index in [9.17, 15) is 0 Å². The van der Waals surface area contributed by atoms with Crippen LogP contribution in [0.3, 0.4) is 0 Å². The molecule has 1 unspecified atom stereocenters. The summed E-state index contributed by atoms with van der Waals surface area (Å²) in [4.78, 5) is 0. The number of nitrogens with two attached hydrogens (primary N) is 1. The van der Waals surface area contributed by atoms with E-state index in [0.717, 1.165) is 0 Å². The van der Waals surface area contributed by atoms with Gasteiger partial charge in [-0.1, -0.05) is 18.2 Å².